The first kappa shape index (κ1) is 8.91. The highest BCUT2D eigenvalue weighted by Gasteiger charge is 2.17. The molecule has 2 nitrogen and oxygen atoms in total. The summed E-state index contributed by atoms with van der Waals surface area (Å²) in [5, 5.41) is 0. The lowest BCUT2D eigenvalue weighted by Gasteiger charge is -2.06. The zero-order valence-corrected chi connectivity index (χ0v) is 8.65. The van der Waals surface area contributed by atoms with Crippen molar-refractivity contribution in [1.29, 1.82) is 0 Å². The molecule has 0 saturated carbocycles. The lowest BCUT2D eigenvalue weighted by atomic mass is 10.0. The number of fused-ring (bicyclic) bond motifs is 1. The second kappa shape index (κ2) is 3.24. The van der Waals surface area contributed by atoms with E-state index in [2.05, 4.69) is 36.8 Å². The summed E-state index contributed by atoms with van der Waals surface area (Å²) in [6, 6.07) is 6.24. The van der Waals surface area contributed by atoms with Gasteiger partial charge in [-0.15, -0.1) is 0 Å². The van der Waals surface area contributed by atoms with Crippen molar-refractivity contribution in [3.05, 3.63) is 29.3 Å². The number of benzene rings is 1. The maximum Gasteiger partial charge on any atom is 0.125 e. The first-order chi connectivity index (χ1) is 6.18. The minimum absolute atomic E-state index is 0.503. The summed E-state index contributed by atoms with van der Waals surface area (Å²) in [4.78, 5) is 0.964. The van der Waals surface area contributed by atoms with Crippen LogP contribution in [0.5, 0.6) is 0 Å². The average Bonchev–Trinajstić information content (AvgIpc) is 2.47. The third kappa shape index (κ3) is 1.54. The highest BCUT2D eigenvalue weighted by molar-refractivity contribution is 7.83. The highest BCUT2D eigenvalue weighted by atomic mass is 32.2. The first-order valence-electron chi connectivity index (χ1n) is 4.46. The van der Waals surface area contributed by atoms with Gasteiger partial charge >= 0.3 is 0 Å². The number of nitrogens with one attached hydrogen (secondary N) is 1. The van der Waals surface area contributed by atoms with Crippen LogP contribution in [-0.2, 0) is 17.5 Å². The molecule has 2 rings (SSSR count). The van der Waals surface area contributed by atoms with Crippen LogP contribution in [0.25, 0.3) is 0 Å². The van der Waals surface area contributed by atoms with E-state index in [1.807, 2.05) is 0 Å². The van der Waals surface area contributed by atoms with Crippen molar-refractivity contribution in [3.63, 3.8) is 0 Å². The number of hydrogen-bond acceptors (Lipinski definition) is 1. The predicted octanol–water partition coefficient (Wildman–Crippen LogP) is 1.94. The van der Waals surface area contributed by atoms with Crippen molar-refractivity contribution in [3.8, 4) is 0 Å². The van der Waals surface area contributed by atoms with Crippen molar-refractivity contribution in [1.82, 2.24) is 4.72 Å². The Hall–Kier alpha value is -0.670. The molecule has 1 heterocycles. The second-order valence-corrected chi connectivity index (χ2v) is 4.88. The molecule has 0 aromatic heterocycles. The molecule has 0 fully saturated rings. The summed E-state index contributed by atoms with van der Waals surface area (Å²) < 4.78 is 14.4. The molecular formula is C10H13NOS. The quantitative estimate of drug-likeness (QED) is 0.729. The summed E-state index contributed by atoms with van der Waals surface area (Å²) in [7, 11) is -0.975. The van der Waals surface area contributed by atoms with Gasteiger partial charge < -0.3 is 0 Å². The molecule has 70 valence electrons. The van der Waals surface area contributed by atoms with Gasteiger partial charge in [0.1, 0.15) is 11.0 Å². The average molecular weight is 195 g/mol. The molecular weight excluding hydrogens is 182 g/mol. The lowest BCUT2D eigenvalue weighted by molar-refractivity contribution is 0.678. The molecule has 0 radical (unpaired) electrons. The smallest absolute Gasteiger partial charge is 0.125 e. The molecule has 0 amide bonds. The van der Waals surface area contributed by atoms with E-state index in [0.717, 1.165) is 11.4 Å². The van der Waals surface area contributed by atoms with Crippen LogP contribution in [0.1, 0.15) is 30.9 Å². The summed E-state index contributed by atoms with van der Waals surface area (Å²) in [6.07, 6.45) is 0. The van der Waals surface area contributed by atoms with E-state index < -0.39 is 11.0 Å². The summed E-state index contributed by atoms with van der Waals surface area (Å²) in [5.41, 5.74) is 2.43. The molecule has 1 aliphatic rings. The fraction of sp³-hybridized carbons (Fsp3) is 0.400. The van der Waals surface area contributed by atoms with Gasteiger partial charge in [0.15, 0.2) is 0 Å². The number of rotatable bonds is 1. The minimum atomic E-state index is -0.975. The Morgan fingerprint density at radius 1 is 1.46 bits per heavy atom. The van der Waals surface area contributed by atoms with Crippen molar-refractivity contribution in [2.75, 3.05) is 0 Å². The molecule has 1 aliphatic heterocycles. The van der Waals surface area contributed by atoms with Gasteiger partial charge in [0.2, 0.25) is 0 Å². The monoisotopic (exact) mass is 195 g/mol. The highest BCUT2D eigenvalue weighted by Crippen LogP contribution is 2.24. The molecule has 1 aromatic rings. The Balaban J connectivity index is 2.48. The van der Waals surface area contributed by atoms with E-state index in [1.165, 1.54) is 11.1 Å². The fourth-order valence-electron chi connectivity index (χ4n) is 1.47. The normalized spacial score (nSPS) is 20.7. The van der Waals surface area contributed by atoms with Crippen LogP contribution in [0.2, 0.25) is 0 Å². The Morgan fingerprint density at radius 3 is 2.92 bits per heavy atom. The van der Waals surface area contributed by atoms with Gasteiger partial charge in [0.05, 0.1) is 4.90 Å². The van der Waals surface area contributed by atoms with E-state index in [9.17, 15) is 4.21 Å². The molecule has 1 atom stereocenters. The zero-order valence-electron chi connectivity index (χ0n) is 7.83. The van der Waals surface area contributed by atoms with Gasteiger partial charge in [-0.25, -0.2) is 8.93 Å². The third-order valence-corrected chi connectivity index (χ3v) is 3.54. The van der Waals surface area contributed by atoms with Crippen LogP contribution >= 0.6 is 0 Å². The van der Waals surface area contributed by atoms with Gasteiger partial charge in [0, 0.05) is 6.54 Å². The molecule has 13 heavy (non-hydrogen) atoms. The molecule has 3 heteroatoms. The molecule has 0 bridgehead atoms. The molecule has 1 unspecified atom stereocenters. The van der Waals surface area contributed by atoms with Crippen molar-refractivity contribution < 1.29 is 4.21 Å². The summed E-state index contributed by atoms with van der Waals surface area (Å²) in [6.45, 7) is 5.03. The Labute approximate surface area is 80.9 Å². The van der Waals surface area contributed by atoms with Gasteiger partial charge in [-0.3, -0.25) is 0 Å². The largest absolute Gasteiger partial charge is 0.237 e. The Kier molecular flexibility index (Phi) is 2.22. The van der Waals surface area contributed by atoms with Crippen molar-refractivity contribution >= 4 is 11.0 Å². The van der Waals surface area contributed by atoms with Gasteiger partial charge in [-0.2, -0.15) is 0 Å². The Bertz CT molecular complexity index is 360. The molecule has 0 saturated heterocycles. The van der Waals surface area contributed by atoms with Crippen LogP contribution in [0.4, 0.5) is 0 Å². The van der Waals surface area contributed by atoms with Crippen LogP contribution < -0.4 is 4.72 Å². The van der Waals surface area contributed by atoms with Gasteiger partial charge in [-0.1, -0.05) is 26.0 Å². The molecule has 1 N–H and O–H groups in total. The maximum atomic E-state index is 11.4. The maximum absolute atomic E-state index is 11.4. The topological polar surface area (TPSA) is 29.1 Å². The van der Waals surface area contributed by atoms with E-state index in [4.69, 9.17) is 0 Å². The lowest BCUT2D eigenvalue weighted by Crippen LogP contribution is -2.05. The summed E-state index contributed by atoms with van der Waals surface area (Å²) in [5.74, 6) is 0.503. The van der Waals surface area contributed by atoms with Crippen molar-refractivity contribution in [2.24, 2.45) is 0 Å². The number of hydrogen-bond donors (Lipinski definition) is 1. The van der Waals surface area contributed by atoms with Crippen LogP contribution in [0.3, 0.4) is 0 Å². The van der Waals surface area contributed by atoms with Crippen molar-refractivity contribution in [2.45, 2.75) is 31.2 Å². The predicted molar refractivity (Wildman–Crippen MR) is 53.8 cm³/mol. The van der Waals surface area contributed by atoms with E-state index in [-0.39, 0.29) is 0 Å². The molecule has 0 aliphatic carbocycles. The second-order valence-electron chi connectivity index (χ2n) is 3.61. The standard InChI is InChI=1S/C10H13NOS/c1-7(2)8-3-4-9-6-11-13(12)10(9)5-8/h3-5,7,11H,6H2,1-2H3. The van der Waals surface area contributed by atoms with Gasteiger partial charge in [-0.05, 0) is 23.1 Å². The fourth-order valence-corrected chi connectivity index (χ4v) is 2.53. The van der Waals surface area contributed by atoms with Crippen LogP contribution in [0, 0.1) is 0 Å². The zero-order chi connectivity index (χ0) is 9.42. The van der Waals surface area contributed by atoms with E-state index in [0.29, 0.717) is 5.92 Å². The minimum Gasteiger partial charge on any atom is -0.237 e. The summed E-state index contributed by atoms with van der Waals surface area (Å²) >= 11 is 0. The Morgan fingerprint density at radius 2 is 2.23 bits per heavy atom. The van der Waals surface area contributed by atoms with E-state index in [1.54, 1.807) is 0 Å². The molecule has 1 aromatic carbocycles. The SMILES string of the molecule is CC(C)c1ccc2c(c1)S(=O)NC2. The third-order valence-electron chi connectivity index (χ3n) is 2.35. The first-order valence-corrected chi connectivity index (χ1v) is 5.61. The van der Waals surface area contributed by atoms with E-state index >= 15 is 0 Å². The van der Waals surface area contributed by atoms with Crippen LogP contribution in [0.15, 0.2) is 23.1 Å². The van der Waals surface area contributed by atoms with Crippen LogP contribution in [-0.4, -0.2) is 4.21 Å². The van der Waals surface area contributed by atoms with Gasteiger partial charge in [0.25, 0.3) is 0 Å². The molecule has 0 spiro atoms.